The van der Waals surface area contributed by atoms with Crippen LogP contribution in [0.4, 0.5) is 8.78 Å². The van der Waals surface area contributed by atoms with Crippen LogP contribution in [0.15, 0.2) is 0 Å². The molecule has 90 valence electrons. The molecule has 0 aliphatic carbocycles. The molecule has 1 heterocycles. The van der Waals surface area contributed by atoms with Crippen molar-refractivity contribution < 1.29 is 13.5 Å². The van der Waals surface area contributed by atoms with Gasteiger partial charge in [0, 0.05) is 6.54 Å². The maximum atomic E-state index is 11.8. The predicted octanol–water partition coefficient (Wildman–Crippen LogP) is 2.59. The van der Waals surface area contributed by atoms with Gasteiger partial charge in [0.15, 0.2) is 0 Å². The minimum Gasteiger partial charge on any atom is -0.323 e. The first kappa shape index (κ1) is 12.8. The monoisotopic (exact) mass is 221 g/mol. The highest BCUT2D eigenvalue weighted by atomic mass is 19.3. The molecule has 1 aliphatic heterocycles. The normalized spacial score (nSPS) is 20.4. The van der Waals surface area contributed by atoms with Gasteiger partial charge < -0.3 is 9.64 Å². The average Bonchev–Trinajstić information content (AvgIpc) is 2.16. The second kappa shape index (κ2) is 6.38. The lowest BCUT2D eigenvalue weighted by Crippen LogP contribution is -2.37. The Hall–Kier alpha value is -0.220. The lowest BCUT2D eigenvalue weighted by molar-refractivity contribution is -0.141. The lowest BCUT2D eigenvalue weighted by atomic mass is 9.97. The molecular weight excluding hydrogens is 200 g/mol. The van der Waals surface area contributed by atoms with Crippen LogP contribution in [0.1, 0.15) is 26.7 Å². The largest absolute Gasteiger partial charge is 0.345 e. The fourth-order valence-corrected chi connectivity index (χ4v) is 2.06. The van der Waals surface area contributed by atoms with E-state index in [0.717, 1.165) is 32.5 Å². The van der Waals surface area contributed by atoms with E-state index in [4.69, 9.17) is 0 Å². The summed E-state index contributed by atoms with van der Waals surface area (Å²) >= 11 is 0. The highest BCUT2D eigenvalue weighted by molar-refractivity contribution is 4.72. The standard InChI is InChI=1S/C11H21F2NO/c1-9(2)7-14-5-3-10(4-6-14)8-15-11(12)13/h9-11H,3-8H2,1-2H3. The number of hydrogen-bond acceptors (Lipinski definition) is 2. The molecule has 2 nitrogen and oxygen atoms in total. The molecule has 0 spiro atoms. The zero-order valence-corrected chi connectivity index (χ0v) is 9.59. The third-order valence-corrected chi connectivity index (χ3v) is 2.79. The van der Waals surface area contributed by atoms with Gasteiger partial charge >= 0.3 is 6.61 Å². The van der Waals surface area contributed by atoms with E-state index in [1.54, 1.807) is 0 Å². The van der Waals surface area contributed by atoms with Gasteiger partial charge in [0.05, 0.1) is 6.61 Å². The Labute approximate surface area is 90.6 Å². The fourth-order valence-electron chi connectivity index (χ4n) is 2.06. The van der Waals surface area contributed by atoms with E-state index < -0.39 is 6.61 Å². The zero-order valence-electron chi connectivity index (χ0n) is 9.59. The summed E-state index contributed by atoms with van der Waals surface area (Å²) in [5.74, 6) is 1.00. The summed E-state index contributed by atoms with van der Waals surface area (Å²) in [5, 5.41) is 0. The molecule has 0 aromatic carbocycles. The molecular formula is C11H21F2NO. The van der Waals surface area contributed by atoms with Crippen LogP contribution < -0.4 is 0 Å². The molecule has 1 aliphatic rings. The minimum atomic E-state index is -2.61. The number of alkyl halides is 2. The van der Waals surface area contributed by atoms with Crippen molar-refractivity contribution in [3.05, 3.63) is 0 Å². The van der Waals surface area contributed by atoms with Crippen LogP contribution in [0.5, 0.6) is 0 Å². The first-order valence-electron chi connectivity index (χ1n) is 5.70. The van der Waals surface area contributed by atoms with Crippen LogP contribution in [0.25, 0.3) is 0 Å². The number of likely N-dealkylation sites (tertiary alicyclic amines) is 1. The van der Waals surface area contributed by atoms with Crippen molar-refractivity contribution in [2.24, 2.45) is 11.8 Å². The Kier molecular flexibility index (Phi) is 5.47. The maximum Gasteiger partial charge on any atom is 0.345 e. The minimum absolute atomic E-state index is 0.215. The van der Waals surface area contributed by atoms with Crippen molar-refractivity contribution in [3.8, 4) is 0 Å². The number of piperidine rings is 1. The van der Waals surface area contributed by atoms with E-state index >= 15 is 0 Å². The SMILES string of the molecule is CC(C)CN1CCC(COC(F)F)CC1. The number of halogens is 2. The van der Waals surface area contributed by atoms with Crippen LogP contribution in [0.2, 0.25) is 0 Å². The highest BCUT2D eigenvalue weighted by Gasteiger charge is 2.20. The summed E-state index contributed by atoms with van der Waals surface area (Å²) in [7, 11) is 0. The Balaban J connectivity index is 2.12. The van der Waals surface area contributed by atoms with Crippen molar-refractivity contribution in [1.29, 1.82) is 0 Å². The van der Waals surface area contributed by atoms with Crippen molar-refractivity contribution >= 4 is 0 Å². The molecule has 1 fully saturated rings. The van der Waals surface area contributed by atoms with Crippen LogP contribution in [0.3, 0.4) is 0 Å². The second-order valence-electron chi connectivity index (χ2n) is 4.73. The second-order valence-corrected chi connectivity index (χ2v) is 4.73. The maximum absolute atomic E-state index is 11.8. The van der Waals surface area contributed by atoms with E-state index in [2.05, 4.69) is 23.5 Å². The van der Waals surface area contributed by atoms with E-state index in [9.17, 15) is 8.78 Å². The van der Waals surface area contributed by atoms with E-state index in [-0.39, 0.29) is 6.61 Å². The molecule has 0 unspecified atom stereocenters. The van der Waals surface area contributed by atoms with Crippen molar-refractivity contribution in [2.45, 2.75) is 33.3 Å². The van der Waals surface area contributed by atoms with Crippen LogP contribution in [0, 0.1) is 11.8 Å². The molecule has 1 saturated heterocycles. The first-order valence-corrected chi connectivity index (χ1v) is 5.70. The van der Waals surface area contributed by atoms with Gasteiger partial charge in [-0.3, -0.25) is 0 Å². The van der Waals surface area contributed by atoms with Gasteiger partial charge in [-0.05, 0) is 37.8 Å². The average molecular weight is 221 g/mol. The van der Waals surface area contributed by atoms with E-state index in [0.29, 0.717) is 11.8 Å². The molecule has 4 heteroatoms. The third-order valence-electron chi connectivity index (χ3n) is 2.79. The molecule has 0 atom stereocenters. The predicted molar refractivity (Wildman–Crippen MR) is 56.0 cm³/mol. The fraction of sp³-hybridized carbons (Fsp3) is 1.00. The Bertz CT molecular complexity index is 168. The summed E-state index contributed by atoms with van der Waals surface area (Å²) in [6, 6.07) is 0. The van der Waals surface area contributed by atoms with Gasteiger partial charge in [0.25, 0.3) is 0 Å². The summed E-state index contributed by atoms with van der Waals surface area (Å²) in [4.78, 5) is 2.41. The van der Waals surface area contributed by atoms with Crippen molar-refractivity contribution in [2.75, 3.05) is 26.2 Å². The molecule has 0 radical (unpaired) electrons. The number of hydrogen-bond donors (Lipinski definition) is 0. The van der Waals surface area contributed by atoms with Gasteiger partial charge in [-0.2, -0.15) is 8.78 Å². The number of ether oxygens (including phenoxy) is 1. The summed E-state index contributed by atoms with van der Waals surface area (Å²) in [6.45, 7) is 5.16. The van der Waals surface area contributed by atoms with Gasteiger partial charge in [0.1, 0.15) is 0 Å². The van der Waals surface area contributed by atoms with Gasteiger partial charge in [-0.1, -0.05) is 13.8 Å². The van der Waals surface area contributed by atoms with Crippen molar-refractivity contribution in [3.63, 3.8) is 0 Å². The smallest absolute Gasteiger partial charge is 0.323 e. The lowest BCUT2D eigenvalue weighted by Gasteiger charge is -2.32. The molecule has 0 aromatic rings. The third kappa shape index (κ3) is 5.42. The number of nitrogens with zero attached hydrogens (tertiary/aromatic N) is 1. The van der Waals surface area contributed by atoms with Gasteiger partial charge in [-0.15, -0.1) is 0 Å². The molecule has 0 N–H and O–H groups in total. The van der Waals surface area contributed by atoms with Gasteiger partial charge in [-0.25, -0.2) is 0 Å². The summed E-state index contributed by atoms with van der Waals surface area (Å²) < 4.78 is 28.0. The quantitative estimate of drug-likeness (QED) is 0.707. The van der Waals surface area contributed by atoms with E-state index in [1.165, 1.54) is 0 Å². The Morgan fingerprint density at radius 2 is 1.87 bits per heavy atom. The van der Waals surface area contributed by atoms with Crippen LogP contribution in [-0.4, -0.2) is 37.8 Å². The van der Waals surface area contributed by atoms with Gasteiger partial charge in [0.2, 0.25) is 0 Å². The van der Waals surface area contributed by atoms with Crippen molar-refractivity contribution in [1.82, 2.24) is 4.90 Å². The highest BCUT2D eigenvalue weighted by Crippen LogP contribution is 2.19. The molecule has 1 rings (SSSR count). The summed E-state index contributed by atoms with van der Waals surface area (Å²) in [6.07, 6.45) is 1.97. The molecule has 15 heavy (non-hydrogen) atoms. The Morgan fingerprint density at radius 3 is 2.33 bits per heavy atom. The molecule has 0 aromatic heterocycles. The zero-order chi connectivity index (χ0) is 11.3. The topological polar surface area (TPSA) is 12.5 Å². The molecule has 0 bridgehead atoms. The summed E-state index contributed by atoms with van der Waals surface area (Å²) in [5.41, 5.74) is 0. The number of rotatable bonds is 5. The van der Waals surface area contributed by atoms with Crippen LogP contribution in [-0.2, 0) is 4.74 Å². The molecule has 0 amide bonds. The molecule has 0 saturated carbocycles. The van der Waals surface area contributed by atoms with E-state index in [1.807, 2.05) is 0 Å². The first-order chi connectivity index (χ1) is 7.08. The Morgan fingerprint density at radius 1 is 1.27 bits per heavy atom. The van der Waals surface area contributed by atoms with Crippen LogP contribution >= 0.6 is 0 Å².